The van der Waals surface area contributed by atoms with Crippen molar-refractivity contribution in [2.75, 3.05) is 11.4 Å². The van der Waals surface area contributed by atoms with Crippen LogP contribution in [-0.4, -0.2) is 33.4 Å². The van der Waals surface area contributed by atoms with Gasteiger partial charge in [-0.1, -0.05) is 24.3 Å². The van der Waals surface area contributed by atoms with Crippen LogP contribution in [0.25, 0.3) is 0 Å². The molecule has 2 aromatic carbocycles. The fourth-order valence-electron chi connectivity index (χ4n) is 3.42. The number of anilines is 2. The van der Waals surface area contributed by atoms with Crippen LogP contribution in [-0.2, 0) is 9.84 Å². The number of hydrogen-bond donors (Lipinski definition) is 0. The number of alkyl halides is 4. The number of fused-ring (bicyclic) bond motifs is 1. The highest BCUT2D eigenvalue weighted by Crippen LogP contribution is 2.45. The normalized spacial score (nSPS) is 15.5. The van der Waals surface area contributed by atoms with Crippen molar-refractivity contribution in [1.82, 2.24) is 0 Å². The predicted molar refractivity (Wildman–Crippen MR) is 106 cm³/mol. The highest BCUT2D eigenvalue weighted by atomic mass is 32.2. The molecule has 2 heterocycles. The van der Waals surface area contributed by atoms with Crippen molar-refractivity contribution in [3.8, 4) is 5.75 Å². The van der Waals surface area contributed by atoms with Gasteiger partial charge in [0.1, 0.15) is 6.54 Å². The Hall–Kier alpha value is -3.34. The average molecular weight is 468 g/mol. The molecule has 1 aromatic heterocycles. The van der Waals surface area contributed by atoms with Crippen molar-refractivity contribution >= 4 is 21.3 Å². The van der Waals surface area contributed by atoms with E-state index in [9.17, 15) is 31.2 Å². The van der Waals surface area contributed by atoms with Crippen LogP contribution < -0.4 is 14.4 Å². The summed E-state index contributed by atoms with van der Waals surface area (Å²) in [6.45, 7) is -1.07. The van der Waals surface area contributed by atoms with Gasteiger partial charge >= 0.3 is 0 Å². The number of pyridine rings is 1. The first-order chi connectivity index (χ1) is 15.2. The van der Waals surface area contributed by atoms with Crippen LogP contribution in [0.3, 0.4) is 0 Å². The molecule has 168 valence electrons. The van der Waals surface area contributed by atoms with Gasteiger partial charge in [-0.05, 0) is 30.3 Å². The zero-order valence-electron chi connectivity index (χ0n) is 16.2. The monoisotopic (exact) mass is 468 g/mol. The molecule has 0 unspecified atom stereocenters. The summed E-state index contributed by atoms with van der Waals surface area (Å²) < 4.78 is 86.5. The molecule has 0 saturated heterocycles. The molecule has 0 radical (unpaired) electrons. The summed E-state index contributed by atoms with van der Waals surface area (Å²) in [4.78, 5) is 0.691. The van der Waals surface area contributed by atoms with Gasteiger partial charge in [0.25, 0.3) is 24.3 Å². The van der Waals surface area contributed by atoms with E-state index in [1.807, 2.05) is 0 Å². The van der Waals surface area contributed by atoms with Crippen LogP contribution in [0.4, 0.5) is 29.1 Å². The van der Waals surface area contributed by atoms with Crippen LogP contribution in [0.2, 0.25) is 0 Å². The molecule has 0 aliphatic carbocycles. The third-order valence-corrected chi connectivity index (χ3v) is 6.88. The lowest BCUT2D eigenvalue weighted by Crippen LogP contribution is -2.60. The molecule has 4 rings (SSSR count). The Morgan fingerprint density at radius 3 is 2.22 bits per heavy atom. The second kappa shape index (κ2) is 7.97. The minimum Gasteiger partial charge on any atom is -0.711 e. The van der Waals surface area contributed by atoms with Crippen molar-refractivity contribution < 1.29 is 35.4 Å². The lowest BCUT2D eigenvalue weighted by Gasteiger charge is -2.39. The van der Waals surface area contributed by atoms with E-state index in [2.05, 4.69) is 0 Å². The minimum atomic E-state index is -4.01. The number of halogens is 4. The van der Waals surface area contributed by atoms with Crippen LogP contribution in [0, 0.1) is 5.21 Å². The van der Waals surface area contributed by atoms with Gasteiger partial charge < -0.3 is 9.94 Å². The van der Waals surface area contributed by atoms with Crippen LogP contribution in [0.1, 0.15) is 0 Å². The van der Waals surface area contributed by atoms with E-state index in [1.165, 1.54) is 42.5 Å². The summed E-state index contributed by atoms with van der Waals surface area (Å²) in [5.74, 6) is -0.635. The summed E-state index contributed by atoms with van der Waals surface area (Å²) in [6.07, 6.45) is -6.11. The first-order valence-corrected chi connectivity index (χ1v) is 10.8. The van der Waals surface area contributed by atoms with Crippen molar-refractivity contribution in [1.29, 1.82) is 0 Å². The molecule has 0 atom stereocenters. The Labute approximate surface area is 180 Å². The number of aromatic nitrogens is 1. The number of nitrogens with zero attached hydrogens (tertiary/aromatic N) is 2. The second-order valence-electron chi connectivity index (χ2n) is 7.08. The van der Waals surface area contributed by atoms with Crippen molar-refractivity contribution in [2.24, 2.45) is 0 Å². The Morgan fingerprint density at radius 1 is 0.938 bits per heavy atom. The summed E-state index contributed by atoms with van der Waals surface area (Å²) in [5, 5.41) is 12.3. The van der Waals surface area contributed by atoms with E-state index in [0.29, 0.717) is 4.73 Å². The Bertz CT molecular complexity index is 1230. The van der Waals surface area contributed by atoms with Crippen molar-refractivity contribution in [3.63, 3.8) is 0 Å². The Morgan fingerprint density at radius 2 is 1.59 bits per heavy atom. The largest absolute Gasteiger partial charge is 0.711 e. The molecule has 1 aliphatic heterocycles. The molecule has 0 N–H and O–H groups in total. The van der Waals surface area contributed by atoms with Gasteiger partial charge in [0.05, 0.1) is 16.0 Å². The number of ether oxygens (including phenoxy) is 1. The van der Waals surface area contributed by atoms with Crippen LogP contribution in [0.15, 0.2) is 82.7 Å². The molecular formula is C21H16F4N2O4S. The third-order valence-electron chi connectivity index (χ3n) is 5.11. The number of rotatable bonds is 5. The molecule has 6 nitrogen and oxygen atoms in total. The topological polar surface area (TPSA) is 73.6 Å². The van der Waals surface area contributed by atoms with Crippen molar-refractivity contribution in [3.05, 3.63) is 78.1 Å². The lowest BCUT2D eigenvalue weighted by molar-refractivity contribution is -0.592. The van der Waals surface area contributed by atoms with Crippen LogP contribution >= 0.6 is 0 Å². The van der Waals surface area contributed by atoms with E-state index in [0.717, 1.165) is 29.3 Å². The minimum absolute atomic E-state index is 0.0173. The number of benzene rings is 2. The highest BCUT2D eigenvalue weighted by molar-refractivity contribution is 7.91. The molecular weight excluding hydrogens is 452 g/mol. The zero-order valence-corrected chi connectivity index (χ0v) is 17.1. The standard InChI is InChI=1S/C21H16F4N2O4S/c22-19(23)21(20(24)25)13-26(18-8-4-5-11-27(18)28)16-12-15(9-10-17(16)31-21)32(29,30)14-6-2-1-3-7-14/h1-12,19-20H,13H2. The molecule has 0 amide bonds. The van der Waals surface area contributed by atoms with Crippen molar-refractivity contribution in [2.45, 2.75) is 28.2 Å². The zero-order chi connectivity index (χ0) is 23.1. The fraction of sp³-hybridized carbons (Fsp3) is 0.190. The summed E-state index contributed by atoms with van der Waals surface area (Å²) >= 11 is 0. The fourth-order valence-corrected chi connectivity index (χ4v) is 4.72. The maximum atomic E-state index is 13.8. The van der Waals surface area contributed by atoms with Gasteiger partial charge in [-0.25, -0.2) is 35.6 Å². The number of sulfone groups is 1. The molecule has 3 aromatic rings. The van der Waals surface area contributed by atoms with E-state index < -0.39 is 40.6 Å². The van der Waals surface area contributed by atoms with Gasteiger partial charge in [0.2, 0.25) is 9.84 Å². The maximum Gasteiger partial charge on any atom is 0.287 e. The van der Waals surface area contributed by atoms with E-state index in [1.54, 1.807) is 6.07 Å². The first kappa shape index (κ1) is 21.9. The van der Waals surface area contributed by atoms with E-state index in [4.69, 9.17) is 4.74 Å². The average Bonchev–Trinajstić information content (AvgIpc) is 2.78. The lowest BCUT2D eigenvalue weighted by atomic mass is 10.0. The molecule has 32 heavy (non-hydrogen) atoms. The number of hydrogen-bond acceptors (Lipinski definition) is 5. The molecule has 0 spiro atoms. The quantitative estimate of drug-likeness (QED) is 0.322. The first-order valence-electron chi connectivity index (χ1n) is 9.32. The maximum absolute atomic E-state index is 13.8. The Kier molecular flexibility index (Phi) is 5.45. The van der Waals surface area contributed by atoms with E-state index in [-0.39, 0.29) is 21.3 Å². The van der Waals surface area contributed by atoms with Gasteiger partial charge in [-0.2, -0.15) is 0 Å². The molecule has 0 saturated carbocycles. The van der Waals surface area contributed by atoms with E-state index >= 15 is 0 Å². The SMILES string of the molecule is O=S(=O)(c1ccccc1)c1ccc2c(c1)N(c1cccc[n+]1[O-])CC(C(F)F)(C(F)F)O2. The Balaban J connectivity index is 1.91. The predicted octanol–water partition coefficient (Wildman–Crippen LogP) is 3.95. The summed E-state index contributed by atoms with van der Waals surface area (Å²) in [5.41, 5.74) is -3.31. The molecule has 1 aliphatic rings. The second-order valence-corrected chi connectivity index (χ2v) is 9.02. The van der Waals surface area contributed by atoms with Crippen LogP contribution in [0.5, 0.6) is 5.75 Å². The molecule has 0 fully saturated rings. The van der Waals surface area contributed by atoms with Gasteiger partial charge in [0.15, 0.2) is 11.4 Å². The molecule has 11 heteroatoms. The highest BCUT2D eigenvalue weighted by Gasteiger charge is 2.58. The van der Waals surface area contributed by atoms with Gasteiger partial charge in [0, 0.05) is 12.1 Å². The van der Waals surface area contributed by atoms with Gasteiger partial charge in [-0.15, -0.1) is 0 Å². The summed E-state index contributed by atoms with van der Waals surface area (Å²) in [7, 11) is -4.01. The van der Waals surface area contributed by atoms with Gasteiger partial charge in [-0.3, -0.25) is 0 Å². The smallest absolute Gasteiger partial charge is 0.287 e. The molecule has 0 bridgehead atoms. The third kappa shape index (κ3) is 3.52. The summed E-state index contributed by atoms with van der Waals surface area (Å²) in [6, 6.07) is 14.8.